The minimum absolute atomic E-state index is 0.132. The van der Waals surface area contributed by atoms with Gasteiger partial charge in [-0.05, 0) is 39.5 Å². The highest BCUT2D eigenvalue weighted by Crippen LogP contribution is 2.36. The first-order valence-corrected chi connectivity index (χ1v) is 8.72. The van der Waals surface area contributed by atoms with E-state index in [0.29, 0.717) is 12.5 Å². The number of amides is 1. The van der Waals surface area contributed by atoms with Gasteiger partial charge in [-0.3, -0.25) is 4.90 Å². The molecule has 4 nitrogen and oxygen atoms in total. The molecule has 116 valence electrons. The van der Waals surface area contributed by atoms with Crippen molar-refractivity contribution >= 4 is 17.9 Å². The fourth-order valence-corrected chi connectivity index (χ4v) is 4.33. The van der Waals surface area contributed by atoms with Gasteiger partial charge >= 0.3 is 6.09 Å². The molecule has 0 bridgehead atoms. The van der Waals surface area contributed by atoms with Crippen molar-refractivity contribution in [2.75, 3.05) is 12.3 Å². The SMILES string of the molecule is CC(C)(C)OC(=O)N1CCS[C@@H]1[C@@H](O)C1CCCCC1. The third-order valence-corrected chi connectivity index (χ3v) is 5.27. The number of aliphatic hydroxyl groups excluding tert-OH is 1. The van der Waals surface area contributed by atoms with Gasteiger partial charge in [0.1, 0.15) is 11.0 Å². The first-order chi connectivity index (χ1) is 9.38. The summed E-state index contributed by atoms with van der Waals surface area (Å²) in [6.45, 7) is 6.30. The maximum atomic E-state index is 12.2. The first-order valence-electron chi connectivity index (χ1n) is 7.68. The van der Waals surface area contributed by atoms with Gasteiger partial charge in [-0.25, -0.2) is 4.79 Å². The second-order valence-corrected chi connectivity index (χ2v) is 8.05. The van der Waals surface area contributed by atoms with Gasteiger partial charge in [-0.2, -0.15) is 0 Å². The maximum Gasteiger partial charge on any atom is 0.411 e. The highest BCUT2D eigenvalue weighted by atomic mass is 32.2. The highest BCUT2D eigenvalue weighted by Gasteiger charge is 2.40. The number of aliphatic hydroxyl groups is 1. The Kier molecular flexibility index (Phi) is 5.24. The van der Waals surface area contributed by atoms with E-state index in [4.69, 9.17) is 4.74 Å². The van der Waals surface area contributed by atoms with Crippen molar-refractivity contribution in [1.29, 1.82) is 0 Å². The van der Waals surface area contributed by atoms with Crippen LogP contribution in [0.15, 0.2) is 0 Å². The van der Waals surface area contributed by atoms with Crippen molar-refractivity contribution in [2.24, 2.45) is 5.92 Å². The van der Waals surface area contributed by atoms with Crippen LogP contribution in [0, 0.1) is 5.92 Å². The molecule has 2 fully saturated rings. The molecule has 2 atom stereocenters. The number of thioether (sulfide) groups is 1. The van der Waals surface area contributed by atoms with E-state index < -0.39 is 11.7 Å². The molecule has 2 rings (SSSR count). The van der Waals surface area contributed by atoms with Crippen molar-refractivity contribution in [2.45, 2.75) is 70.0 Å². The van der Waals surface area contributed by atoms with Crippen LogP contribution in [-0.4, -0.2) is 45.5 Å². The van der Waals surface area contributed by atoms with E-state index in [1.54, 1.807) is 16.7 Å². The molecule has 1 saturated carbocycles. The van der Waals surface area contributed by atoms with Crippen LogP contribution in [0.3, 0.4) is 0 Å². The lowest BCUT2D eigenvalue weighted by Gasteiger charge is -2.35. The molecular weight excluding hydrogens is 274 g/mol. The molecule has 0 aromatic rings. The van der Waals surface area contributed by atoms with Crippen LogP contribution in [0.4, 0.5) is 4.79 Å². The molecule has 1 amide bonds. The predicted molar refractivity (Wildman–Crippen MR) is 81.8 cm³/mol. The molecule has 0 aromatic heterocycles. The second kappa shape index (κ2) is 6.56. The lowest BCUT2D eigenvalue weighted by Crippen LogP contribution is -2.46. The molecule has 0 unspecified atom stereocenters. The number of ether oxygens (including phenoxy) is 1. The van der Waals surface area contributed by atoms with Gasteiger partial charge < -0.3 is 9.84 Å². The molecule has 2 aliphatic rings. The highest BCUT2D eigenvalue weighted by molar-refractivity contribution is 8.00. The van der Waals surface area contributed by atoms with Crippen LogP contribution in [0.1, 0.15) is 52.9 Å². The van der Waals surface area contributed by atoms with E-state index >= 15 is 0 Å². The molecule has 1 aliphatic heterocycles. The maximum absolute atomic E-state index is 12.2. The molecule has 1 aliphatic carbocycles. The van der Waals surface area contributed by atoms with Crippen molar-refractivity contribution in [3.63, 3.8) is 0 Å². The average molecular weight is 301 g/mol. The Morgan fingerprint density at radius 3 is 2.55 bits per heavy atom. The quantitative estimate of drug-likeness (QED) is 0.850. The van der Waals surface area contributed by atoms with Gasteiger partial charge in [0.15, 0.2) is 0 Å². The smallest absolute Gasteiger partial charge is 0.411 e. The molecule has 0 spiro atoms. The fourth-order valence-electron chi connectivity index (χ4n) is 3.00. The molecular formula is C15H27NO3S. The van der Waals surface area contributed by atoms with E-state index in [1.165, 1.54) is 19.3 Å². The minimum atomic E-state index is -0.481. The zero-order chi connectivity index (χ0) is 14.8. The number of hydrogen-bond donors (Lipinski definition) is 1. The van der Waals surface area contributed by atoms with E-state index in [2.05, 4.69) is 0 Å². The Morgan fingerprint density at radius 1 is 1.30 bits per heavy atom. The van der Waals surface area contributed by atoms with Gasteiger partial charge in [-0.1, -0.05) is 19.3 Å². The summed E-state index contributed by atoms with van der Waals surface area (Å²) in [4.78, 5) is 14.0. The zero-order valence-electron chi connectivity index (χ0n) is 12.8. The largest absolute Gasteiger partial charge is 0.444 e. The molecule has 1 N–H and O–H groups in total. The lowest BCUT2D eigenvalue weighted by molar-refractivity contribution is 0.000416. The summed E-state index contributed by atoms with van der Waals surface area (Å²) in [5, 5.41) is 10.5. The Hall–Kier alpha value is -0.420. The fraction of sp³-hybridized carbons (Fsp3) is 0.933. The normalized spacial score (nSPS) is 26.6. The van der Waals surface area contributed by atoms with Gasteiger partial charge in [0, 0.05) is 12.3 Å². The van der Waals surface area contributed by atoms with Gasteiger partial charge in [0.2, 0.25) is 0 Å². The van der Waals surface area contributed by atoms with Gasteiger partial charge in [0.25, 0.3) is 0 Å². The van der Waals surface area contributed by atoms with Crippen LogP contribution >= 0.6 is 11.8 Å². The van der Waals surface area contributed by atoms with Crippen LogP contribution in [0.2, 0.25) is 0 Å². The summed E-state index contributed by atoms with van der Waals surface area (Å²) < 4.78 is 5.45. The first kappa shape index (κ1) is 16.0. The van der Waals surface area contributed by atoms with E-state index in [0.717, 1.165) is 18.6 Å². The molecule has 0 aromatic carbocycles. The number of carbonyl (C=O) groups excluding carboxylic acids is 1. The number of hydrogen-bond acceptors (Lipinski definition) is 4. The monoisotopic (exact) mass is 301 g/mol. The Labute approximate surface area is 126 Å². The third-order valence-electron chi connectivity index (χ3n) is 3.98. The van der Waals surface area contributed by atoms with Crippen LogP contribution in [0.5, 0.6) is 0 Å². The summed E-state index contributed by atoms with van der Waals surface area (Å²) in [5.74, 6) is 1.22. The third kappa shape index (κ3) is 4.04. The number of nitrogens with zero attached hydrogens (tertiary/aromatic N) is 1. The van der Waals surface area contributed by atoms with E-state index in [1.807, 2.05) is 20.8 Å². The molecule has 20 heavy (non-hydrogen) atoms. The zero-order valence-corrected chi connectivity index (χ0v) is 13.6. The van der Waals surface area contributed by atoms with Gasteiger partial charge in [-0.15, -0.1) is 11.8 Å². The summed E-state index contributed by atoms with van der Waals surface area (Å²) in [7, 11) is 0. The lowest BCUT2D eigenvalue weighted by atomic mass is 9.85. The van der Waals surface area contributed by atoms with Crippen molar-refractivity contribution in [1.82, 2.24) is 4.90 Å². The topological polar surface area (TPSA) is 49.8 Å². The van der Waals surface area contributed by atoms with Crippen LogP contribution in [0.25, 0.3) is 0 Å². The Bertz CT molecular complexity index is 337. The van der Waals surface area contributed by atoms with Crippen LogP contribution in [-0.2, 0) is 4.74 Å². The average Bonchev–Trinajstić information content (AvgIpc) is 2.86. The standard InChI is InChI=1S/C15H27NO3S/c1-15(2,3)19-14(18)16-9-10-20-13(16)12(17)11-7-5-4-6-8-11/h11-13,17H,4-10H2,1-3H3/t12-,13+/m0/s1. The van der Waals surface area contributed by atoms with Crippen molar-refractivity contribution in [3.05, 3.63) is 0 Å². The number of carbonyl (C=O) groups is 1. The van der Waals surface area contributed by atoms with Crippen molar-refractivity contribution in [3.8, 4) is 0 Å². The van der Waals surface area contributed by atoms with Gasteiger partial charge in [0.05, 0.1) is 6.10 Å². The molecule has 0 radical (unpaired) electrons. The van der Waals surface area contributed by atoms with Crippen molar-refractivity contribution < 1.29 is 14.6 Å². The molecule has 1 heterocycles. The Morgan fingerprint density at radius 2 is 1.95 bits per heavy atom. The molecule has 1 saturated heterocycles. The summed E-state index contributed by atoms with van der Waals surface area (Å²) >= 11 is 1.68. The second-order valence-electron chi connectivity index (χ2n) is 6.82. The summed E-state index contributed by atoms with van der Waals surface area (Å²) in [6.07, 6.45) is 5.13. The summed E-state index contributed by atoms with van der Waals surface area (Å²) in [6, 6.07) is 0. The Balaban J connectivity index is 1.97. The predicted octanol–water partition coefficient (Wildman–Crippen LogP) is 3.24. The van der Waals surface area contributed by atoms with Crippen LogP contribution < -0.4 is 0 Å². The van der Waals surface area contributed by atoms with E-state index in [9.17, 15) is 9.90 Å². The minimum Gasteiger partial charge on any atom is -0.444 e. The van der Waals surface area contributed by atoms with E-state index in [-0.39, 0.29) is 11.5 Å². The summed E-state index contributed by atoms with van der Waals surface area (Å²) in [5.41, 5.74) is -0.481. The molecule has 5 heteroatoms. The number of rotatable bonds is 2.